The number of hydrogen-bond acceptors (Lipinski definition) is 3. The van der Waals surface area contributed by atoms with Crippen molar-refractivity contribution in [1.82, 2.24) is 14.7 Å². The molecule has 2 aromatic rings. The molecule has 0 saturated carbocycles. The average Bonchev–Trinajstić information content (AvgIpc) is 2.96. The standard InChI is InChI=1S/C18H22ClN3O2/c1-13-9-16(20-22(13)15-6-3-5-14(19)10-15)17(24)21-8-4-7-18(2,11-21)12-23/h3,5-6,9-10,23H,4,7-8,11-12H2,1-2H3. The molecule has 0 aliphatic carbocycles. The molecule has 0 bridgehead atoms. The number of aryl methyl sites for hydroxylation is 1. The smallest absolute Gasteiger partial charge is 0.274 e. The lowest BCUT2D eigenvalue weighted by Crippen LogP contribution is -2.46. The highest BCUT2D eigenvalue weighted by Gasteiger charge is 2.33. The van der Waals surface area contributed by atoms with E-state index in [4.69, 9.17) is 11.6 Å². The summed E-state index contributed by atoms with van der Waals surface area (Å²) in [6.07, 6.45) is 1.83. The molecule has 1 aromatic carbocycles. The number of carbonyl (C=O) groups excluding carboxylic acids is 1. The molecule has 1 unspecified atom stereocenters. The number of carbonyl (C=O) groups is 1. The highest BCUT2D eigenvalue weighted by molar-refractivity contribution is 6.30. The molecule has 0 spiro atoms. The maximum atomic E-state index is 12.8. The van der Waals surface area contributed by atoms with E-state index < -0.39 is 0 Å². The monoisotopic (exact) mass is 347 g/mol. The van der Waals surface area contributed by atoms with Crippen molar-refractivity contribution >= 4 is 17.5 Å². The highest BCUT2D eigenvalue weighted by atomic mass is 35.5. The SMILES string of the molecule is Cc1cc(C(=O)N2CCCC(C)(CO)C2)nn1-c1cccc(Cl)c1. The average molecular weight is 348 g/mol. The minimum atomic E-state index is -0.224. The first kappa shape index (κ1) is 17.0. The summed E-state index contributed by atoms with van der Waals surface area (Å²) in [6, 6.07) is 9.19. The molecular formula is C18H22ClN3O2. The van der Waals surface area contributed by atoms with Crippen LogP contribution in [-0.4, -0.2) is 45.4 Å². The largest absolute Gasteiger partial charge is 0.396 e. The number of nitrogens with zero attached hydrogens (tertiary/aromatic N) is 3. The molecule has 128 valence electrons. The number of amides is 1. The minimum Gasteiger partial charge on any atom is -0.396 e. The maximum absolute atomic E-state index is 12.8. The van der Waals surface area contributed by atoms with Crippen molar-refractivity contribution in [3.8, 4) is 5.69 Å². The molecule has 1 N–H and O–H groups in total. The van der Waals surface area contributed by atoms with Crippen LogP contribution in [0.1, 0.15) is 35.9 Å². The topological polar surface area (TPSA) is 58.4 Å². The van der Waals surface area contributed by atoms with E-state index in [2.05, 4.69) is 5.10 Å². The first-order valence-corrected chi connectivity index (χ1v) is 8.52. The number of piperidine rings is 1. The molecule has 0 radical (unpaired) electrons. The van der Waals surface area contributed by atoms with Gasteiger partial charge in [0.05, 0.1) is 12.3 Å². The Hall–Kier alpha value is -1.85. The Balaban J connectivity index is 1.85. The van der Waals surface area contributed by atoms with Crippen molar-refractivity contribution in [2.75, 3.05) is 19.7 Å². The summed E-state index contributed by atoms with van der Waals surface area (Å²) < 4.78 is 1.73. The Morgan fingerprint density at radius 3 is 2.92 bits per heavy atom. The number of rotatable bonds is 3. The fourth-order valence-electron chi connectivity index (χ4n) is 3.23. The molecule has 6 heteroatoms. The van der Waals surface area contributed by atoms with E-state index in [1.807, 2.05) is 32.0 Å². The van der Waals surface area contributed by atoms with Gasteiger partial charge in [0.25, 0.3) is 5.91 Å². The van der Waals surface area contributed by atoms with Gasteiger partial charge in [0.2, 0.25) is 0 Å². The van der Waals surface area contributed by atoms with Crippen LogP contribution in [0.2, 0.25) is 5.02 Å². The molecule has 1 aromatic heterocycles. The molecule has 1 aliphatic rings. The van der Waals surface area contributed by atoms with Crippen LogP contribution < -0.4 is 0 Å². The molecular weight excluding hydrogens is 326 g/mol. The summed E-state index contributed by atoms with van der Waals surface area (Å²) in [5.74, 6) is -0.0850. The van der Waals surface area contributed by atoms with Gasteiger partial charge in [0.15, 0.2) is 5.69 Å². The summed E-state index contributed by atoms with van der Waals surface area (Å²) in [5.41, 5.74) is 1.91. The van der Waals surface area contributed by atoms with Gasteiger partial charge < -0.3 is 10.0 Å². The van der Waals surface area contributed by atoms with Crippen LogP contribution in [0.5, 0.6) is 0 Å². The minimum absolute atomic E-state index is 0.0850. The van der Waals surface area contributed by atoms with E-state index in [0.717, 1.165) is 24.2 Å². The van der Waals surface area contributed by atoms with Crippen molar-refractivity contribution in [2.45, 2.75) is 26.7 Å². The van der Waals surface area contributed by atoms with E-state index in [1.165, 1.54) is 0 Å². The third kappa shape index (κ3) is 3.32. The number of benzene rings is 1. The normalized spacial score (nSPS) is 21.1. The molecule has 5 nitrogen and oxygen atoms in total. The van der Waals surface area contributed by atoms with Crippen molar-refractivity contribution in [3.05, 3.63) is 46.7 Å². The van der Waals surface area contributed by atoms with Gasteiger partial charge in [-0.2, -0.15) is 5.10 Å². The van der Waals surface area contributed by atoms with Gasteiger partial charge in [-0.1, -0.05) is 24.6 Å². The van der Waals surface area contributed by atoms with Crippen LogP contribution >= 0.6 is 11.6 Å². The third-order valence-corrected chi connectivity index (χ3v) is 4.84. The Labute approximate surface area is 146 Å². The second-order valence-corrected chi connectivity index (χ2v) is 7.30. The Kier molecular flexibility index (Phi) is 4.65. The predicted octanol–water partition coefficient (Wildman–Crippen LogP) is 3.07. The number of aliphatic hydroxyl groups is 1. The fraction of sp³-hybridized carbons (Fsp3) is 0.444. The third-order valence-electron chi connectivity index (χ3n) is 4.61. The molecule has 24 heavy (non-hydrogen) atoms. The van der Waals surface area contributed by atoms with Crippen LogP contribution in [-0.2, 0) is 0 Å². The first-order valence-electron chi connectivity index (χ1n) is 8.15. The molecule has 3 rings (SSSR count). The zero-order valence-electron chi connectivity index (χ0n) is 14.0. The number of hydrogen-bond donors (Lipinski definition) is 1. The molecule has 1 aliphatic heterocycles. The van der Waals surface area contributed by atoms with Crippen LogP contribution in [0.15, 0.2) is 30.3 Å². The van der Waals surface area contributed by atoms with E-state index in [9.17, 15) is 9.90 Å². The number of likely N-dealkylation sites (tertiary alicyclic amines) is 1. The van der Waals surface area contributed by atoms with Gasteiger partial charge in [-0.25, -0.2) is 4.68 Å². The number of halogens is 1. The molecule has 1 fully saturated rings. The first-order chi connectivity index (χ1) is 11.4. The molecule has 2 heterocycles. The quantitative estimate of drug-likeness (QED) is 0.928. The number of aromatic nitrogens is 2. The zero-order chi connectivity index (χ0) is 17.3. The van der Waals surface area contributed by atoms with Crippen LogP contribution in [0.4, 0.5) is 0 Å². The Morgan fingerprint density at radius 1 is 1.42 bits per heavy atom. The van der Waals surface area contributed by atoms with Crippen molar-refractivity contribution < 1.29 is 9.90 Å². The summed E-state index contributed by atoms with van der Waals surface area (Å²) in [7, 11) is 0. The summed E-state index contributed by atoms with van der Waals surface area (Å²) in [6.45, 7) is 5.29. The summed E-state index contributed by atoms with van der Waals surface area (Å²) in [5, 5.41) is 14.7. The molecule has 1 amide bonds. The molecule has 1 atom stereocenters. The number of aliphatic hydroxyl groups excluding tert-OH is 1. The van der Waals surface area contributed by atoms with E-state index >= 15 is 0 Å². The molecule has 1 saturated heterocycles. The lowest BCUT2D eigenvalue weighted by atomic mass is 9.83. The van der Waals surface area contributed by atoms with Crippen molar-refractivity contribution in [3.63, 3.8) is 0 Å². The van der Waals surface area contributed by atoms with Gasteiger partial charge in [0.1, 0.15) is 0 Å². The van der Waals surface area contributed by atoms with E-state index in [-0.39, 0.29) is 17.9 Å². The zero-order valence-corrected chi connectivity index (χ0v) is 14.8. The Bertz CT molecular complexity index is 758. The predicted molar refractivity (Wildman–Crippen MR) is 93.6 cm³/mol. The van der Waals surface area contributed by atoms with Gasteiger partial charge in [-0.15, -0.1) is 0 Å². The van der Waals surface area contributed by atoms with Crippen LogP contribution in [0.25, 0.3) is 5.69 Å². The summed E-state index contributed by atoms with van der Waals surface area (Å²) in [4.78, 5) is 14.6. The van der Waals surface area contributed by atoms with Gasteiger partial charge >= 0.3 is 0 Å². The lowest BCUT2D eigenvalue weighted by molar-refractivity contribution is 0.0353. The van der Waals surface area contributed by atoms with Gasteiger partial charge in [-0.05, 0) is 44.0 Å². The van der Waals surface area contributed by atoms with Crippen molar-refractivity contribution in [1.29, 1.82) is 0 Å². The maximum Gasteiger partial charge on any atom is 0.274 e. The lowest BCUT2D eigenvalue weighted by Gasteiger charge is -2.39. The van der Waals surface area contributed by atoms with E-state index in [0.29, 0.717) is 23.8 Å². The van der Waals surface area contributed by atoms with Crippen LogP contribution in [0.3, 0.4) is 0 Å². The summed E-state index contributed by atoms with van der Waals surface area (Å²) >= 11 is 6.05. The fourth-order valence-corrected chi connectivity index (χ4v) is 3.41. The second kappa shape index (κ2) is 6.57. The van der Waals surface area contributed by atoms with Gasteiger partial charge in [-0.3, -0.25) is 4.79 Å². The van der Waals surface area contributed by atoms with Gasteiger partial charge in [0, 0.05) is 29.2 Å². The van der Waals surface area contributed by atoms with Crippen LogP contribution in [0, 0.1) is 12.3 Å². The Morgan fingerprint density at radius 2 is 2.21 bits per heavy atom. The second-order valence-electron chi connectivity index (χ2n) is 6.86. The van der Waals surface area contributed by atoms with Crippen molar-refractivity contribution in [2.24, 2.45) is 5.41 Å². The highest BCUT2D eigenvalue weighted by Crippen LogP contribution is 2.29. The van der Waals surface area contributed by atoms with E-state index in [1.54, 1.807) is 21.7 Å².